The second kappa shape index (κ2) is 4.87. The van der Waals surface area contributed by atoms with Crippen LogP contribution in [0.25, 0.3) is 0 Å². The predicted octanol–water partition coefficient (Wildman–Crippen LogP) is 2.00. The number of aryl methyl sites for hydroxylation is 1. The summed E-state index contributed by atoms with van der Waals surface area (Å²) in [5, 5.41) is 0.294. The summed E-state index contributed by atoms with van der Waals surface area (Å²) in [5.41, 5.74) is 0.926. The minimum Gasteiger partial charge on any atom is -0.481 e. The van der Waals surface area contributed by atoms with Gasteiger partial charge in [0.2, 0.25) is 11.8 Å². The second-order valence-electron chi connectivity index (χ2n) is 4.01. The highest BCUT2D eigenvalue weighted by molar-refractivity contribution is 6.20. The number of halogens is 1. The summed E-state index contributed by atoms with van der Waals surface area (Å²) in [6, 6.07) is 1.83. The molecule has 2 rings (SSSR count). The lowest BCUT2D eigenvalue weighted by molar-refractivity contribution is 0.395. The van der Waals surface area contributed by atoms with Crippen molar-refractivity contribution in [2.24, 2.45) is 0 Å². The van der Waals surface area contributed by atoms with E-state index in [9.17, 15) is 0 Å². The SMILES string of the molecule is COc1cc(C)nc(N2CCC(Cl)CC2)n1. The van der Waals surface area contributed by atoms with Crippen molar-refractivity contribution in [3.8, 4) is 5.88 Å². The highest BCUT2D eigenvalue weighted by Crippen LogP contribution is 2.21. The number of hydrogen-bond donors (Lipinski definition) is 0. The van der Waals surface area contributed by atoms with E-state index in [2.05, 4.69) is 14.9 Å². The van der Waals surface area contributed by atoms with E-state index < -0.39 is 0 Å². The summed E-state index contributed by atoms with van der Waals surface area (Å²) < 4.78 is 5.14. The van der Waals surface area contributed by atoms with Gasteiger partial charge in [0.05, 0.1) is 7.11 Å². The topological polar surface area (TPSA) is 38.2 Å². The summed E-state index contributed by atoms with van der Waals surface area (Å²) in [7, 11) is 1.62. The van der Waals surface area contributed by atoms with Crippen molar-refractivity contribution in [2.75, 3.05) is 25.1 Å². The Labute approximate surface area is 101 Å². The van der Waals surface area contributed by atoms with E-state index in [1.807, 2.05) is 13.0 Å². The Kier molecular flexibility index (Phi) is 3.49. The van der Waals surface area contributed by atoms with Gasteiger partial charge in [-0.1, -0.05) is 0 Å². The van der Waals surface area contributed by atoms with Gasteiger partial charge in [-0.3, -0.25) is 0 Å². The van der Waals surface area contributed by atoms with Crippen molar-refractivity contribution in [2.45, 2.75) is 25.1 Å². The van der Waals surface area contributed by atoms with Gasteiger partial charge in [0, 0.05) is 30.2 Å². The quantitative estimate of drug-likeness (QED) is 0.743. The largest absolute Gasteiger partial charge is 0.481 e. The van der Waals surface area contributed by atoms with Gasteiger partial charge < -0.3 is 9.64 Å². The van der Waals surface area contributed by atoms with Gasteiger partial charge >= 0.3 is 0 Å². The molecule has 0 unspecified atom stereocenters. The third-order valence-corrected chi connectivity index (χ3v) is 3.17. The molecule has 0 amide bonds. The lowest BCUT2D eigenvalue weighted by Crippen LogP contribution is -2.35. The van der Waals surface area contributed by atoms with Crippen LogP contribution < -0.4 is 9.64 Å². The molecule has 5 heteroatoms. The van der Waals surface area contributed by atoms with Gasteiger partial charge in [-0.05, 0) is 19.8 Å². The molecule has 0 bridgehead atoms. The maximum Gasteiger partial charge on any atom is 0.228 e. The number of alkyl halides is 1. The maximum atomic E-state index is 6.07. The standard InChI is InChI=1S/C11H16ClN3O/c1-8-7-10(16-2)14-11(13-8)15-5-3-9(12)4-6-15/h7,9H,3-6H2,1-2H3. The third kappa shape index (κ3) is 2.55. The molecule has 0 N–H and O–H groups in total. The van der Waals surface area contributed by atoms with Crippen LogP contribution in [0, 0.1) is 6.92 Å². The molecule has 1 aliphatic rings. The fourth-order valence-corrected chi connectivity index (χ4v) is 2.01. The van der Waals surface area contributed by atoms with E-state index in [1.165, 1.54) is 0 Å². The molecule has 0 saturated carbocycles. The average Bonchev–Trinajstić information content (AvgIpc) is 2.29. The molecule has 1 aliphatic heterocycles. The van der Waals surface area contributed by atoms with Crippen molar-refractivity contribution in [3.05, 3.63) is 11.8 Å². The molecule has 88 valence electrons. The fraction of sp³-hybridized carbons (Fsp3) is 0.636. The van der Waals surface area contributed by atoms with Gasteiger partial charge in [-0.25, -0.2) is 4.98 Å². The van der Waals surface area contributed by atoms with Crippen LogP contribution in [-0.4, -0.2) is 35.5 Å². The van der Waals surface area contributed by atoms with Crippen molar-refractivity contribution in [1.82, 2.24) is 9.97 Å². The van der Waals surface area contributed by atoms with Crippen LogP contribution in [0.2, 0.25) is 0 Å². The number of piperidine rings is 1. The number of nitrogens with zero attached hydrogens (tertiary/aromatic N) is 3. The zero-order valence-electron chi connectivity index (χ0n) is 9.61. The monoisotopic (exact) mass is 241 g/mol. The first-order chi connectivity index (χ1) is 7.69. The molecule has 1 aromatic rings. The first-order valence-corrected chi connectivity index (χ1v) is 5.91. The van der Waals surface area contributed by atoms with Crippen LogP contribution in [0.3, 0.4) is 0 Å². The highest BCUT2D eigenvalue weighted by atomic mass is 35.5. The van der Waals surface area contributed by atoms with Crippen molar-refractivity contribution < 1.29 is 4.74 Å². The van der Waals surface area contributed by atoms with Crippen molar-refractivity contribution >= 4 is 17.5 Å². The molecule has 0 radical (unpaired) electrons. The van der Waals surface area contributed by atoms with Gasteiger partial charge in [0.25, 0.3) is 0 Å². The second-order valence-corrected chi connectivity index (χ2v) is 4.63. The van der Waals surface area contributed by atoms with Crippen LogP contribution in [0.15, 0.2) is 6.07 Å². The molecular formula is C11H16ClN3O. The summed E-state index contributed by atoms with van der Waals surface area (Å²) in [6.45, 7) is 3.78. The molecule has 4 nitrogen and oxygen atoms in total. The van der Waals surface area contributed by atoms with Gasteiger partial charge in [-0.15, -0.1) is 11.6 Å². The molecule has 1 fully saturated rings. The molecule has 16 heavy (non-hydrogen) atoms. The average molecular weight is 242 g/mol. The summed E-state index contributed by atoms with van der Waals surface area (Å²) >= 11 is 6.07. The van der Waals surface area contributed by atoms with Crippen LogP contribution in [0.5, 0.6) is 5.88 Å². The Morgan fingerprint density at radius 3 is 2.69 bits per heavy atom. The van der Waals surface area contributed by atoms with E-state index in [-0.39, 0.29) is 0 Å². The van der Waals surface area contributed by atoms with Crippen LogP contribution in [-0.2, 0) is 0 Å². The van der Waals surface area contributed by atoms with E-state index in [1.54, 1.807) is 7.11 Å². The number of methoxy groups -OCH3 is 1. The van der Waals surface area contributed by atoms with E-state index in [0.717, 1.165) is 37.6 Å². The molecule has 1 aromatic heterocycles. The number of ether oxygens (including phenoxy) is 1. The molecule has 1 saturated heterocycles. The van der Waals surface area contributed by atoms with Crippen LogP contribution in [0.1, 0.15) is 18.5 Å². The lowest BCUT2D eigenvalue weighted by Gasteiger charge is -2.29. The van der Waals surface area contributed by atoms with Gasteiger partial charge in [0.15, 0.2) is 0 Å². The van der Waals surface area contributed by atoms with E-state index in [0.29, 0.717) is 11.3 Å². The van der Waals surface area contributed by atoms with Crippen molar-refractivity contribution in [3.63, 3.8) is 0 Å². The molecule has 0 spiro atoms. The highest BCUT2D eigenvalue weighted by Gasteiger charge is 2.19. The molecule has 2 heterocycles. The number of aromatic nitrogens is 2. The Morgan fingerprint density at radius 2 is 2.06 bits per heavy atom. The summed E-state index contributed by atoms with van der Waals surface area (Å²) in [4.78, 5) is 10.9. The molecular weight excluding hydrogens is 226 g/mol. The van der Waals surface area contributed by atoms with Crippen LogP contribution >= 0.6 is 11.6 Å². The first-order valence-electron chi connectivity index (χ1n) is 5.47. The van der Waals surface area contributed by atoms with E-state index >= 15 is 0 Å². The van der Waals surface area contributed by atoms with Crippen molar-refractivity contribution in [1.29, 1.82) is 0 Å². The minimum atomic E-state index is 0.294. The summed E-state index contributed by atoms with van der Waals surface area (Å²) in [5.74, 6) is 1.37. The Balaban J connectivity index is 2.16. The molecule has 0 aliphatic carbocycles. The maximum absolute atomic E-state index is 6.07. The Morgan fingerprint density at radius 1 is 1.38 bits per heavy atom. The predicted molar refractivity (Wildman–Crippen MR) is 64.4 cm³/mol. The number of anilines is 1. The Bertz CT molecular complexity index is 364. The number of rotatable bonds is 2. The molecule has 0 atom stereocenters. The van der Waals surface area contributed by atoms with Gasteiger partial charge in [-0.2, -0.15) is 4.98 Å². The van der Waals surface area contributed by atoms with E-state index in [4.69, 9.17) is 16.3 Å². The smallest absolute Gasteiger partial charge is 0.228 e. The molecule has 0 aromatic carbocycles. The summed E-state index contributed by atoms with van der Waals surface area (Å²) in [6.07, 6.45) is 1.97. The minimum absolute atomic E-state index is 0.294. The zero-order valence-corrected chi connectivity index (χ0v) is 10.4. The fourth-order valence-electron chi connectivity index (χ4n) is 1.82. The normalized spacial score (nSPS) is 17.6. The van der Waals surface area contributed by atoms with Gasteiger partial charge in [0.1, 0.15) is 0 Å². The third-order valence-electron chi connectivity index (χ3n) is 2.74. The zero-order chi connectivity index (χ0) is 11.5. The number of hydrogen-bond acceptors (Lipinski definition) is 4. The van der Waals surface area contributed by atoms with Crippen LogP contribution in [0.4, 0.5) is 5.95 Å². The first kappa shape index (κ1) is 11.5. The lowest BCUT2D eigenvalue weighted by atomic mass is 10.1. The Hall–Kier alpha value is -1.03.